The monoisotopic (exact) mass is 199 g/mol. The van der Waals surface area contributed by atoms with Crippen molar-refractivity contribution >= 4 is 17.3 Å². The van der Waals surface area contributed by atoms with E-state index in [0.717, 1.165) is 30.5 Å². The summed E-state index contributed by atoms with van der Waals surface area (Å²) in [5.41, 5.74) is 1.03. The Morgan fingerprint density at radius 2 is 2.31 bits per heavy atom. The van der Waals surface area contributed by atoms with Crippen molar-refractivity contribution in [3.63, 3.8) is 0 Å². The fraction of sp³-hybridized carbons (Fsp3) is 0.400. The second kappa shape index (κ2) is 5.84. The van der Waals surface area contributed by atoms with Crippen molar-refractivity contribution in [2.75, 3.05) is 25.1 Å². The minimum atomic E-state index is 0.725. The van der Waals surface area contributed by atoms with Crippen molar-refractivity contribution in [1.29, 1.82) is 0 Å². The van der Waals surface area contributed by atoms with Gasteiger partial charge in [0.25, 0.3) is 0 Å². The molecule has 1 rings (SSSR count). The predicted molar refractivity (Wildman–Crippen MR) is 56.4 cm³/mol. The van der Waals surface area contributed by atoms with Crippen LogP contribution in [0.1, 0.15) is 6.92 Å². The molecular weight excluding hydrogens is 186 g/mol. The summed E-state index contributed by atoms with van der Waals surface area (Å²) in [4.78, 5) is 0. The number of nitrogens with one attached hydrogen (secondary N) is 1. The summed E-state index contributed by atoms with van der Waals surface area (Å²) in [5.74, 6) is 0. The van der Waals surface area contributed by atoms with Crippen LogP contribution >= 0.6 is 11.6 Å². The first-order valence-electron chi connectivity index (χ1n) is 4.40. The molecular formula is C10H14ClNO. The van der Waals surface area contributed by atoms with Crippen molar-refractivity contribution in [3.05, 3.63) is 29.3 Å². The molecule has 0 radical (unpaired) electrons. The van der Waals surface area contributed by atoms with Gasteiger partial charge in [0, 0.05) is 23.9 Å². The summed E-state index contributed by atoms with van der Waals surface area (Å²) in [6.45, 7) is 4.29. The molecule has 0 saturated heterocycles. The second-order valence-electron chi connectivity index (χ2n) is 2.63. The topological polar surface area (TPSA) is 21.3 Å². The maximum absolute atomic E-state index is 5.81. The highest BCUT2D eigenvalue weighted by Gasteiger charge is 1.91. The predicted octanol–water partition coefficient (Wildman–Crippen LogP) is 2.79. The molecule has 72 valence electrons. The molecule has 3 heteroatoms. The lowest BCUT2D eigenvalue weighted by atomic mass is 10.3. The highest BCUT2D eigenvalue weighted by Crippen LogP contribution is 2.14. The summed E-state index contributed by atoms with van der Waals surface area (Å²) in [6, 6.07) is 7.66. The molecule has 2 nitrogen and oxygen atoms in total. The van der Waals surface area contributed by atoms with E-state index < -0.39 is 0 Å². The molecule has 1 aromatic rings. The van der Waals surface area contributed by atoms with E-state index in [9.17, 15) is 0 Å². The molecule has 13 heavy (non-hydrogen) atoms. The minimum Gasteiger partial charge on any atom is -0.383 e. The van der Waals surface area contributed by atoms with Gasteiger partial charge in [-0.3, -0.25) is 0 Å². The maximum atomic E-state index is 5.81. The summed E-state index contributed by atoms with van der Waals surface area (Å²) in [7, 11) is 0. The number of hydrogen-bond acceptors (Lipinski definition) is 2. The smallest absolute Gasteiger partial charge is 0.0638 e. The first-order valence-corrected chi connectivity index (χ1v) is 4.78. The molecule has 0 spiro atoms. The van der Waals surface area contributed by atoms with Gasteiger partial charge in [0.2, 0.25) is 0 Å². The molecule has 0 bridgehead atoms. The average Bonchev–Trinajstić information content (AvgIpc) is 2.13. The van der Waals surface area contributed by atoms with Gasteiger partial charge in [0.1, 0.15) is 0 Å². The number of rotatable bonds is 5. The molecule has 0 fully saturated rings. The largest absolute Gasteiger partial charge is 0.383 e. The van der Waals surface area contributed by atoms with E-state index in [4.69, 9.17) is 16.3 Å². The van der Waals surface area contributed by atoms with Crippen LogP contribution in [-0.4, -0.2) is 19.8 Å². The van der Waals surface area contributed by atoms with Gasteiger partial charge < -0.3 is 10.1 Å². The molecule has 0 aliphatic heterocycles. The Balaban J connectivity index is 2.28. The molecule has 0 aromatic heterocycles. The summed E-state index contributed by atoms with van der Waals surface area (Å²) in [5, 5.41) is 3.96. The third-order valence-corrected chi connectivity index (χ3v) is 1.84. The zero-order valence-corrected chi connectivity index (χ0v) is 8.47. The van der Waals surface area contributed by atoms with Crippen LogP contribution < -0.4 is 5.32 Å². The highest BCUT2D eigenvalue weighted by atomic mass is 35.5. The number of ether oxygens (including phenoxy) is 1. The standard InChI is InChI=1S/C10H14ClNO/c1-2-13-7-6-12-10-5-3-4-9(11)8-10/h3-5,8,12H,2,6-7H2,1H3. The van der Waals surface area contributed by atoms with Gasteiger partial charge in [-0.15, -0.1) is 0 Å². The van der Waals surface area contributed by atoms with Gasteiger partial charge in [-0.25, -0.2) is 0 Å². The highest BCUT2D eigenvalue weighted by molar-refractivity contribution is 6.30. The number of benzene rings is 1. The molecule has 0 saturated carbocycles. The Hall–Kier alpha value is -0.730. The molecule has 1 aromatic carbocycles. The van der Waals surface area contributed by atoms with Crippen LogP contribution in [0.15, 0.2) is 24.3 Å². The second-order valence-corrected chi connectivity index (χ2v) is 3.07. The zero-order chi connectivity index (χ0) is 9.52. The average molecular weight is 200 g/mol. The summed E-state index contributed by atoms with van der Waals surface area (Å²) >= 11 is 5.81. The van der Waals surface area contributed by atoms with Crippen molar-refractivity contribution in [2.45, 2.75) is 6.92 Å². The Bertz CT molecular complexity index is 252. The number of hydrogen-bond donors (Lipinski definition) is 1. The van der Waals surface area contributed by atoms with Gasteiger partial charge in [-0.2, -0.15) is 0 Å². The van der Waals surface area contributed by atoms with E-state index in [1.807, 2.05) is 31.2 Å². The third kappa shape index (κ3) is 4.15. The quantitative estimate of drug-likeness (QED) is 0.737. The Labute approximate surface area is 83.9 Å². The third-order valence-electron chi connectivity index (χ3n) is 1.60. The molecule has 0 aliphatic rings. The van der Waals surface area contributed by atoms with Crippen molar-refractivity contribution in [1.82, 2.24) is 0 Å². The fourth-order valence-electron chi connectivity index (χ4n) is 1.01. The van der Waals surface area contributed by atoms with Crippen LogP contribution in [0, 0.1) is 0 Å². The van der Waals surface area contributed by atoms with Crippen LogP contribution in [0.25, 0.3) is 0 Å². The first-order chi connectivity index (χ1) is 6.33. The van der Waals surface area contributed by atoms with Crippen LogP contribution in [0.2, 0.25) is 5.02 Å². The SMILES string of the molecule is CCOCCNc1cccc(Cl)c1. The maximum Gasteiger partial charge on any atom is 0.0638 e. The van der Waals surface area contributed by atoms with Crippen molar-refractivity contribution < 1.29 is 4.74 Å². The minimum absolute atomic E-state index is 0.725. The lowest BCUT2D eigenvalue weighted by Gasteiger charge is -2.05. The van der Waals surface area contributed by atoms with Gasteiger partial charge >= 0.3 is 0 Å². The molecule has 0 unspecified atom stereocenters. The molecule has 0 atom stereocenters. The Morgan fingerprint density at radius 1 is 1.46 bits per heavy atom. The lowest BCUT2D eigenvalue weighted by Crippen LogP contribution is -2.08. The Kier molecular flexibility index (Phi) is 4.65. The van der Waals surface area contributed by atoms with E-state index >= 15 is 0 Å². The summed E-state index contributed by atoms with van der Waals surface area (Å²) < 4.78 is 5.19. The van der Waals surface area contributed by atoms with Crippen LogP contribution in [0.5, 0.6) is 0 Å². The van der Waals surface area contributed by atoms with E-state index in [-0.39, 0.29) is 0 Å². The first kappa shape index (κ1) is 10.4. The van der Waals surface area contributed by atoms with Crippen LogP contribution in [0.3, 0.4) is 0 Å². The van der Waals surface area contributed by atoms with Gasteiger partial charge in [-0.1, -0.05) is 17.7 Å². The number of anilines is 1. The van der Waals surface area contributed by atoms with E-state index in [1.54, 1.807) is 0 Å². The van der Waals surface area contributed by atoms with Crippen molar-refractivity contribution in [3.8, 4) is 0 Å². The van der Waals surface area contributed by atoms with Gasteiger partial charge in [0.15, 0.2) is 0 Å². The molecule has 0 heterocycles. The van der Waals surface area contributed by atoms with Gasteiger partial charge in [0.05, 0.1) is 6.61 Å². The summed E-state index contributed by atoms with van der Waals surface area (Å²) in [6.07, 6.45) is 0. The number of halogens is 1. The molecule has 0 aliphatic carbocycles. The molecule has 1 N–H and O–H groups in total. The van der Waals surface area contributed by atoms with E-state index in [1.165, 1.54) is 0 Å². The molecule has 0 amide bonds. The van der Waals surface area contributed by atoms with Crippen LogP contribution in [-0.2, 0) is 4.74 Å². The zero-order valence-electron chi connectivity index (χ0n) is 7.72. The Morgan fingerprint density at radius 3 is 3.00 bits per heavy atom. The normalized spacial score (nSPS) is 10.0. The fourth-order valence-corrected chi connectivity index (χ4v) is 1.20. The van der Waals surface area contributed by atoms with E-state index in [0.29, 0.717) is 0 Å². The van der Waals surface area contributed by atoms with Gasteiger partial charge in [-0.05, 0) is 25.1 Å². The van der Waals surface area contributed by atoms with E-state index in [2.05, 4.69) is 5.32 Å². The van der Waals surface area contributed by atoms with Crippen molar-refractivity contribution in [2.24, 2.45) is 0 Å². The lowest BCUT2D eigenvalue weighted by molar-refractivity contribution is 0.158. The van der Waals surface area contributed by atoms with Crippen LogP contribution in [0.4, 0.5) is 5.69 Å².